The van der Waals surface area contributed by atoms with Gasteiger partial charge in [-0.1, -0.05) is 12.1 Å². The second-order valence-electron chi connectivity index (χ2n) is 12.1. The monoisotopic (exact) mass is 585 g/mol. The third kappa shape index (κ3) is 5.42. The fourth-order valence-electron chi connectivity index (χ4n) is 6.14. The molecule has 3 heterocycles. The maximum absolute atomic E-state index is 12.5. The number of hydrogen-bond acceptors (Lipinski definition) is 6. The Labute approximate surface area is 251 Å². The van der Waals surface area contributed by atoms with Crippen LogP contribution in [0.25, 0.3) is 32.7 Å². The van der Waals surface area contributed by atoms with Gasteiger partial charge in [0.1, 0.15) is 23.0 Å². The van der Waals surface area contributed by atoms with Gasteiger partial charge < -0.3 is 18.8 Å². The molecule has 7 nitrogen and oxygen atoms in total. The largest absolute Gasteiger partial charge is 0.490 e. The van der Waals surface area contributed by atoms with Gasteiger partial charge in [0.05, 0.1) is 30.1 Å². The van der Waals surface area contributed by atoms with Gasteiger partial charge in [-0.15, -0.1) is 11.3 Å². The number of rotatable bonds is 8. The summed E-state index contributed by atoms with van der Waals surface area (Å²) in [5.74, 6) is 1.42. The number of thiazole rings is 1. The third-order valence-corrected chi connectivity index (χ3v) is 10.2. The number of nitrogens with one attached hydrogen (secondary N) is 1. The standard InChI is InChI=1S/C34H39N3O4S/c1-20-22(3)42-33(35-20)31-29-14-13-28(41-27-15-17-39-18-16-27)19-30(29)37(26-5-4-6-26)32(31)24-9-11-25(12-10-24)36-34(38)40-21(2)23-7-8-23/h9-14,19,21,23,26-27H,4-8,15-18H2,1-3H3,(H,36,38). The van der Waals surface area contributed by atoms with Crippen molar-refractivity contribution in [1.29, 1.82) is 0 Å². The zero-order chi connectivity index (χ0) is 28.8. The Morgan fingerprint density at radius 2 is 1.81 bits per heavy atom. The molecule has 4 aromatic rings. The number of fused-ring (bicyclic) bond motifs is 1. The van der Waals surface area contributed by atoms with E-state index >= 15 is 0 Å². The fourth-order valence-corrected chi connectivity index (χ4v) is 7.12. The lowest BCUT2D eigenvalue weighted by Crippen LogP contribution is -2.25. The normalized spacial score (nSPS) is 18.5. The lowest BCUT2D eigenvalue weighted by Gasteiger charge is -2.30. The molecule has 1 saturated heterocycles. The molecule has 8 heteroatoms. The highest BCUT2D eigenvalue weighted by atomic mass is 32.1. The first-order chi connectivity index (χ1) is 20.4. The molecule has 1 atom stereocenters. The van der Waals surface area contributed by atoms with Crippen LogP contribution in [0.4, 0.5) is 10.5 Å². The van der Waals surface area contributed by atoms with Gasteiger partial charge in [-0.25, -0.2) is 9.78 Å². The number of ether oxygens (including phenoxy) is 3. The first-order valence-corrected chi connectivity index (χ1v) is 16.2. The van der Waals surface area contributed by atoms with E-state index in [4.69, 9.17) is 19.2 Å². The summed E-state index contributed by atoms with van der Waals surface area (Å²) in [5, 5.41) is 5.16. The van der Waals surface area contributed by atoms with E-state index < -0.39 is 6.09 Å². The Kier molecular flexibility index (Phi) is 7.44. The van der Waals surface area contributed by atoms with E-state index in [2.05, 4.69) is 54.1 Å². The molecule has 1 aliphatic heterocycles. The van der Waals surface area contributed by atoms with Crippen molar-refractivity contribution < 1.29 is 19.0 Å². The van der Waals surface area contributed by atoms with Crippen LogP contribution in [0, 0.1) is 19.8 Å². The number of benzene rings is 2. The minimum absolute atomic E-state index is 0.0458. The summed E-state index contributed by atoms with van der Waals surface area (Å²) >= 11 is 1.76. The SMILES string of the molecule is Cc1nc(-c2c(-c3ccc(NC(=O)OC(C)C4CC4)cc3)n(C3CCC3)c3cc(OC4CCOCC4)ccc23)sc1C. The summed E-state index contributed by atoms with van der Waals surface area (Å²) in [6.07, 6.45) is 7.41. The second-order valence-corrected chi connectivity index (χ2v) is 13.3. The molecule has 2 aromatic carbocycles. The molecule has 0 bridgehead atoms. The molecule has 2 saturated carbocycles. The lowest BCUT2D eigenvalue weighted by atomic mass is 9.92. The zero-order valence-corrected chi connectivity index (χ0v) is 25.5. The molecular formula is C34H39N3O4S. The van der Waals surface area contributed by atoms with Crippen LogP contribution < -0.4 is 10.1 Å². The van der Waals surface area contributed by atoms with Gasteiger partial charge in [0.25, 0.3) is 0 Å². The molecule has 3 fully saturated rings. The summed E-state index contributed by atoms with van der Waals surface area (Å²) in [6, 6.07) is 15.2. The summed E-state index contributed by atoms with van der Waals surface area (Å²) < 4.78 is 20.1. The van der Waals surface area contributed by atoms with E-state index in [-0.39, 0.29) is 12.2 Å². The van der Waals surface area contributed by atoms with Gasteiger partial charge in [0.15, 0.2) is 0 Å². The Bertz CT molecular complexity index is 1570. The smallest absolute Gasteiger partial charge is 0.411 e. The van der Waals surface area contributed by atoms with Crippen molar-refractivity contribution in [1.82, 2.24) is 9.55 Å². The molecule has 3 aliphatic rings. The van der Waals surface area contributed by atoms with E-state index in [1.54, 1.807) is 11.3 Å². The highest BCUT2D eigenvalue weighted by Gasteiger charge is 2.32. The van der Waals surface area contributed by atoms with Crippen LogP contribution in [0.3, 0.4) is 0 Å². The minimum atomic E-state index is -0.391. The van der Waals surface area contributed by atoms with Crippen molar-refractivity contribution in [3.8, 4) is 27.6 Å². The topological polar surface area (TPSA) is 74.6 Å². The second kappa shape index (κ2) is 11.4. The predicted octanol–water partition coefficient (Wildman–Crippen LogP) is 8.68. The van der Waals surface area contributed by atoms with Crippen LogP contribution in [0.1, 0.15) is 68.5 Å². The third-order valence-electron chi connectivity index (χ3n) is 9.11. The van der Waals surface area contributed by atoms with Crippen molar-refractivity contribution in [2.75, 3.05) is 18.5 Å². The van der Waals surface area contributed by atoms with Crippen LogP contribution in [-0.4, -0.2) is 41.1 Å². The number of carbonyl (C=O) groups is 1. The Hall–Kier alpha value is -3.36. The summed E-state index contributed by atoms with van der Waals surface area (Å²) in [5.41, 5.74) is 6.46. The predicted molar refractivity (Wildman–Crippen MR) is 168 cm³/mol. The molecule has 7 rings (SSSR count). The number of aryl methyl sites for hydroxylation is 2. The highest BCUT2D eigenvalue weighted by Crippen LogP contribution is 2.48. The van der Waals surface area contributed by atoms with Crippen LogP contribution in [0.5, 0.6) is 5.75 Å². The molecule has 220 valence electrons. The Morgan fingerprint density at radius 3 is 2.45 bits per heavy atom. The summed E-state index contributed by atoms with van der Waals surface area (Å²) in [4.78, 5) is 18.8. The van der Waals surface area contributed by atoms with E-state index in [9.17, 15) is 4.79 Å². The first-order valence-electron chi connectivity index (χ1n) is 15.4. The molecule has 42 heavy (non-hydrogen) atoms. The Balaban J connectivity index is 1.29. The number of anilines is 1. The van der Waals surface area contributed by atoms with Crippen LogP contribution in [0.15, 0.2) is 42.5 Å². The molecular weight excluding hydrogens is 546 g/mol. The fraction of sp³-hybridized carbons (Fsp3) is 0.471. The van der Waals surface area contributed by atoms with Gasteiger partial charge >= 0.3 is 6.09 Å². The lowest BCUT2D eigenvalue weighted by molar-refractivity contribution is 0.0256. The molecule has 0 spiro atoms. The van der Waals surface area contributed by atoms with Crippen molar-refractivity contribution in [3.63, 3.8) is 0 Å². The van der Waals surface area contributed by atoms with Crippen molar-refractivity contribution >= 4 is 34.0 Å². The van der Waals surface area contributed by atoms with Gasteiger partial charge in [-0.2, -0.15) is 0 Å². The van der Waals surface area contributed by atoms with E-state index in [0.717, 1.165) is 79.4 Å². The highest BCUT2D eigenvalue weighted by molar-refractivity contribution is 7.15. The van der Waals surface area contributed by atoms with Crippen molar-refractivity contribution in [2.24, 2.45) is 5.92 Å². The van der Waals surface area contributed by atoms with Crippen molar-refractivity contribution in [2.45, 2.75) is 84.0 Å². The average molecular weight is 586 g/mol. The van der Waals surface area contributed by atoms with Gasteiger partial charge in [-0.3, -0.25) is 5.32 Å². The van der Waals surface area contributed by atoms with Gasteiger partial charge in [0.2, 0.25) is 0 Å². The number of amides is 1. The molecule has 0 radical (unpaired) electrons. The van der Waals surface area contributed by atoms with Crippen LogP contribution >= 0.6 is 11.3 Å². The summed E-state index contributed by atoms with van der Waals surface area (Å²) in [6.45, 7) is 7.71. The van der Waals surface area contributed by atoms with E-state index in [1.165, 1.54) is 33.5 Å². The zero-order valence-electron chi connectivity index (χ0n) is 24.7. The first kappa shape index (κ1) is 27.5. The van der Waals surface area contributed by atoms with E-state index in [0.29, 0.717) is 12.0 Å². The molecule has 2 aromatic heterocycles. The summed E-state index contributed by atoms with van der Waals surface area (Å²) in [7, 11) is 0. The number of hydrogen-bond donors (Lipinski definition) is 1. The Morgan fingerprint density at radius 1 is 1.05 bits per heavy atom. The number of carbonyl (C=O) groups excluding carboxylic acids is 1. The molecule has 1 N–H and O–H groups in total. The maximum atomic E-state index is 12.5. The van der Waals surface area contributed by atoms with Crippen LogP contribution in [-0.2, 0) is 9.47 Å². The molecule has 2 aliphatic carbocycles. The van der Waals surface area contributed by atoms with Crippen LogP contribution in [0.2, 0.25) is 0 Å². The van der Waals surface area contributed by atoms with Gasteiger partial charge in [0, 0.05) is 46.5 Å². The molecule has 1 amide bonds. The average Bonchev–Trinajstić information content (AvgIpc) is 3.69. The van der Waals surface area contributed by atoms with Gasteiger partial charge in [-0.05, 0) is 88.6 Å². The van der Waals surface area contributed by atoms with E-state index in [1.807, 2.05) is 19.1 Å². The maximum Gasteiger partial charge on any atom is 0.411 e. The quantitative estimate of drug-likeness (QED) is 0.224. The minimum Gasteiger partial charge on any atom is -0.490 e. The number of aromatic nitrogens is 2. The van der Waals surface area contributed by atoms with Crippen molar-refractivity contribution in [3.05, 3.63) is 53.0 Å². The molecule has 1 unspecified atom stereocenters. The number of nitrogens with zero attached hydrogens (tertiary/aromatic N) is 2.